The van der Waals surface area contributed by atoms with Crippen molar-refractivity contribution in [3.8, 4) is 11.5 Å². The van der Waals surface area contributed by atoms with E-state index in [1.54, 1.807) is 18.7 Å². The Hall–Kier alpha value is -2.50. The molecular formula is C14H16N2O4. The zero-order valence-electron chi connectivity index (χ0n) is 11.4. The fraction of sp³-hybridized carbons (Fsp3) is 0.286. The van der Waals surface area contributed by atoms with Gasteiger partial charge in [-0.05, 0) is 19.1 Å². The highest BCUT2D eigenvalue weighted by molar-refractivity contribution is 5.88. The van der Waals surface area contributed by atoms with Crippen molar-refractivity contribution in [3.05, 3.63) is 41.7 Å². The quantitative estimate of drug-likeness (QED) is 0.873. The van der Waals surface area contributed by atoms with Crippen LogP contribution in [0.25, 0.3) is 0 Å². The summed E-state index contributed by atoms with van der Waals surface area (Å²) < 4.78 is 12.3. The summed E-state index contributed by atoms with van der Waals surface area (Å²) in [5.41, 5.74) is 0.706. The number of benzene rings is 1. The van der Waals surface area contributed by atoms with Crippen molar-refractivity contribution < 1.29 is 19.4 Å². The van der Waals surface area contributed by atoms with E-state index >= 15 is 0 Å². The fourth-order valence-corrected chi connectivity index (χ4v) is 1.83. The molecule has 20 heavy (non-hydrogen) atoms. The third-order valence-electron chi connectivity index (χ3n) is 2.82. The number of aromatic carboxylic acids is 1. The molecule has 0 saturated carbocycles. The van der Waals surface area contributed by atoms with E-state index in [4.69, 9.17) is 14.6 Å². The van der Waals surface area contributed by atoms with Crippen LogP contribution in [0, 0.1) is 6.92 Å². The van der Waals surface area contributed by atoms with Crippen LogP contribution in [-0.2, 0) is 6.54 Å². The minimum absolute atomic E-state index is 0.210. The Balaban J connectivity index is 1.96. The number of aromatic nitrogens is 2. The van der Waals surface area contributed by atoms with E-state index in [0.29, 0.717) is 30.3 Å². The van der Waals surface area contributed by atoms with Crippen molar-refractivity contribution >= 4 is 5.97 Å². The standard InChI is InChI=1S/C14H16N2O4/c1-10-11(14(17)18)9-16(15-10)7-8-20-13-6-4-3-5-12(13)19-2/h3-6,9H,7-8H2,1-2H3,(H,17,18). The molecule has 1 heterocycles. The third-order valence-corrected chi connectivity index (χ3v) is 2.82. The Morgan fingerprint density at radius 2 is 2.05 bits per heavy atom. The summed E-state index contributed by atoms with van der Waals surface area (Å²) in [5, 5.41) is 13.1. The lowest BCUT2D eigenvalue weighted by atomic mass is 10.3. The van der Waals surface area contributed by atoms with Gasteiger partial charge in [0.2, 0.25) is 0 Å². The fourth-order valence-electron chi connectivity index (χ4n) is 1.83. The number of ether oxygens (including phenoxy) is 2. The summed E-state index contributed by atoms with van der Waals surface area (Å²) >= 11 is 0. The number of methoxy groups -OCH3 is 1. The van der Waals surface area contributed by atoms with E-state index in [1.165, 1.54) is 6.20 Å². The lowest BCUT2D eigenvalue weighted by Gasteiger charge is -2.10. The SMILES string of the molecule is COc1ccccc1OCCn1cc(C(=O)O)c(C)n1. The van der Waals surface area contributed by atoms with Crippen LogP contribution < -0.4 is 9.47 Å². The van der Waals surface area contributed by atoms with Gasteiger partial charge in [0.25, 0.3) is 0 Å². The zero-order chi connectivity index (χ0) is 14.5. The molecule has 6 heteroatoms. The molecule has 0 radical (unpaired) electrons. The molecule has 106 valence electrons. The molecule has 1 aromatic heterocycles. The number of aryl methyl sites for hydroxylation is 1. The van der Waals surface area contributed by atoms with Crippen molar-refractivity contribution in [3.63, 3.8) is 0 Å². The van der Waals surface area contributed by atoms with Crippen LogP contribution in [0.15, 0.2) is 30.5 Å². The van der Waals surface area contributed by atoms with Crippen molar-refractivity contribution in [2.45, 2.75) is 13.5 Å². The van der Waals surface area contributed by atoms with E-state index in [9.17, 15) is 4.79 Å². The highest BCUT2D eigenvalue weighted by Gasteiger charge is 2.11. The van der Waals surface area contributed by atoms with Crippen LogP contribution in [-0.4, -0.2) is 34.6 Å². The maximum Gasteiger partial charge on any atom is 0.339 e. The van der Waals surface area contributed by atoms with E-state index in [-0.39, 0.29) is 5.56 Å². The number of rotatable bonds is 6. The predicted octanol–water partition coefficient (Wildman–Crippen LogP) is 1.98. The van der Waals surface area contributed by atoms with Gasteiger partial charge in [0, 0.05) is 6.20 Å². The van der Waals surface area contributed by atoms with Gasteiger partial charge in [-0.2, -0.15) is 5.10 Å². The second-order valence-corrected chi connectivity index (χ2v) is 4.20. The zero-order valence-corrected chi connectivity index (χ0v) is 11.4. The van der Waals surface area contributed by atoms with Gasteiger partial charge in [-0.15, -0.1) is 0 Å². The molecule has 0 aliphatic rings. The highest BCUT2D eigenvalue weighted by Crippen LogP contribution is 2.25. The second kappa shape index (κ2) is 6.10. The highest BCUT2D eigenvalue weighted by atomic mass is 16.5. The molecule has 0 fully saturated rings. The first-order chi connectivity index (χ1) is 9.61. The van der Waals surface area contributed by atoms with Crippen molar-refractivity contribution in [1.82, 2.24) is 9.78 Å². The van der Waals surface area contributed by atoms with Gasteiger partial charge in [0.05, 0.1) is 19.3 Å². The molecule has 0 amide bonds. The number of hydrogen-bond acceptors (Lipinski definition) is 4. The number of carbonyl (C=O) groups is 1. The molecule has 2 rings (SSSR count). The molecule has 0 saturated heterocycles. The summed E-state index contributed by atoms with van der Waals surface area (Å²) in [4.78, 5) is 10.9. The Morgan fingerprint density at radius 1 is 1.35 bits per heavy atom. The number of carboxylic acids is 1. The summed E-state index contributed by atoms with van der Waals surface area (Å²) in [6, 6.07) is 7.35. The topological polar surface area (TPSA) is 73.6 Å². The molecule has 1 N–H and O–H groups in total. The molecule has 0 spiro atoms. The molecular weight excluding hydrogens is 260 g/mol. The molecule has 2 aromatic rings. The van der Waals surface area contributed by atoms with Crippen molar-refractivity contribution in [2.75, 3.05) is 13.7 Å². The molecule has 1 aromatic carbocycles. The smallest absolute Gasteiger partial charge is 0.339 e. The summed E-state index contributed by atoms with van der Waals surface area (Å²) in [5.74, 6) is 0.340. The van der Waals surface area contributed by atoms with Crippen LogP contribution in [0.5, 0.6) is 11.5 Å². The first kappa shape index (κ1) is 13.9. The van der Waals surface area contributed by atoms with Gasteiger partial charge in [-0.1, -0.05) is 12.1 Å². The van der Waals surface area contributed by atoms with E-state index in [2.05, 4.69) is 5.10 Å². The minimum Gasteiger partial charge on any atom is -0.493 e. The monoisotopic (exact) mass is 276 g/mol. The van der Waals surface area contributed by atoms with Crippen LogP contribution in [0.1, 0.15) is 16.1 Å². The van der Waals surface area contributed by atoms with Gasteiger partial charge >= 0.3 is 5.97 Å². The van der Waals surface area contributed by atoms with Crippen molar-refractivity contribution in [1.29, 1.82) is 0 Å². The number of carboxylic acid groups (broad SMARTS) is 1. The lowest BCUT2D eigenvalue weighted by molar-refractivity contribution is 0.0696. The first-order valence-electron chi connectivity index (χ1n) is 6.15. The maximum absolute atomic E-state index is 10.9. The lowest BCUT2D eigenvalue weighted by Crippen LogP contribution is -2.09. The van der Waals surface area contributed by atoms with Gasteiger partial charge in [0.1, 0.15) is 12.2 Å². The largest absolute Gasteiger partial charge is 0.493 e. The Morgan fingerprint density at radius 3 is 2.65 bits per heavy atom. The second-order valence-electron chi connectivity index (χ2n) is 4.20. The van der Waals surface area contributed by atoms with Gasteiger partial charge < -0.3 is 14.6 Å². The van der Waals surface area contributed by atoms with Crippen LogP contribution in [0.2, 0.25) is 0 Å². The molecule has 0 aliphatic carbocycles. The Labute approximate surface area is 116 Å². The van der Waals surface area contributed by atoms with Gasteiger partial charge in [0.15, 0.2) is 11.5 Å². The predicted molar refractivity (Wildman–Crippen MR) is 72.4 cm³/mol. The third kappa shape index (κ3) is 3.09. The Bertz CT molecular complexity index is 607. The molecule has 0 atom stereocenters. The maximum atomic E-state index is 10.9. The molecule has 0 unspecified atom stereocenters. The first-order valence-corrected chi connectivity index (χ1v) is 6.15. The number of para-hydroxylation sites is 2. The van der Waals surface area contributed by atoms with E-state index in [1.807, 2.05) is 24.3 Å². The van der Waals surface area contributed by atoms with E-state index < -0.39 is 5.97 Å². The van der Waals surface area contributed by atoms with Crippen molar-refractivity contribution in [2.24, 2.45) is 0 Å². The molecule has 0 aliphatic heterocycles. The summed E-state index contributed by atoms with van der Waals surface area (Å²) in [6.45, 7) is 2.51. The number of nitrogens with zero attached hydrogens (tertiary/aromatic N) is 2. The average Bonchev–Trinajstić information content (AvgIpc) is 2.80. The minimum atomic E-state index is -0.973. The van der Waals surface area contributed by atoms with Crippen LogP contribution in [0.3, 0.4) is 0 Å². The van der Waals surface area contributed by atoms with Gasteiger partial charge in [-0.3, -0.25) is 4.68 Å². The summed E-state index contributed by atoms with van der Waals surface area (Å²) in [6.07, 6.45) is 1.50. The number of hydrogen-bond donors (Lipinski definition) is 1. The average molecular weight is 276 g/mol. The Kier molecular flexibility index (Phi) is 4.24. The van der Waals surface area contributed by atoms with Crippen LogP contribution in [0.4, 0.5) is 0 Å². The van der Waals surface area contributed by atoms with E-state index in [0.717, 1.165) is 0 Å². The molecule has 0 bridgehead atoms. The van der Waals surface area contributed by atoms with Crippen LogP contribution >= 0.6 is 0 Å². The summed E-state index contributed by atoms with van der Waals surface area (Å²) in [7, 11) is 1.58. The molecule has 6 nitrogen and oxygen atoms in total. The normalized spacial score (nSPS) is 10.3. The van der Waals surface area contributed by atoms with Gasteiger partial charge in [-0.25, -0.2) is 4.79 Å².